The molecule has 2 aromatic rings. The number of aromatic nitrogens is 3. The zero-order valence-electron chi connectivity index (χ0n) is 12.6. The van der Waals surface area contributed by atoms with E-state index >= 15 is 0 Å². The average molecular weight is 272 g/mol. The first-order valence-corrected chi connectivity index (χ1v) is 7.38. The van der Waals surface area contributed by atoms with Gasteiger partial charge in [0.15, 0.2) is 0 Å². The molecule has 0 aliphatic heterocycles. The second kappa shape index (κ2) is 7.20. The third kappa shape index (κ3) is 3.67. The van der Waals surface area contributed by atoms with E-state index in [-0.39, 0.29) is 0 Å². The van der Waals surface area contributed by atoms with Crippen LogP contribution in [0.2, 0.25) is 0 Å². The maximum absolute atomic E-state index is 4.24. The predicted octanol–water partition coefficient (Wildman–Crippen LogP) is 2.66. The molecule has 0 amide bonds. The molecule has 0 aliphatic rings. The number of nitrogens with zero attached hydrogens (tertiary/aromatic N) is 3. The van der Waals surface area contributed by atoms with Gasteiger partial charge in [-0.25, -0.2) is 0 Å². The highest BCUT2D eigenvalue weighted by Gasteiger charge is 2.14. The van der Waals surface area contributed by atoms with Gasteiger partial charge in [-0.15, -0.1) is 0 Å². The van der Waals surface area contributed by atoms with Crippen molar-refractivity contribution in [3.63, 3.8) is 0 Å². The zero-order chi connectivity index (χ0) is 14.4. The molecular weight excluding hydrogens is 248 g/mol. The van der Waals surface area contributed by atoms with Crippen LogP contribution in [0.25, 0.3) is 0 Å². The Morgan fingerprint density at radius 2 is 2.15 bits per heavy atom. The molecule has 1 unspecified atom stereocenters. The van der Waals surface area contributed by atoms with E-state index in [0.717, 1.165) is 25.8 Å². The molecule has 0 bridgehead atoms. The molecule has 0 saturated heterocycles. The van der Waals surface area contributed by atoms with Gasteiger partial charge in [-0.1, -0.05) is 13.8 Å². The van der Waals surface area contributed by atoms with Gasteiger partial charge in [-0.2, -0.15) is 5.10 Å². The lowest BCUT2D eigenvalue weighted by Crippen LogP contribution is -2.22. The minimum absolute atomic E-state index is 0.387. The summed E-state index contributed by atoms with van der Waals surface area (Å²) >= 11 is 0. The van der Waals surface area contributed by atoms with Crippen LogP contribution in [0, 0.1) is 0 Å². The summed E-state index contributed by atoms with van der Waals surface area (Å²) in [6.45, 7) is 5.32. The Morgan fingerprint density at radius 1 is 1.30 bits per heavy atom. The van der Waals surface area contributed by atoms with E-state index in [1.165, 1.54) is 16.7 Å². The molecule has 1 N–H and O–H groups in total. The van der Waals surface area contributed by atoms with Gasteiger partial charge in [0.1, 0.15) is 0 Å². The summed E-state index contributed by atoms with van der Waals surface area (Å²) in [7, 11) is 1.96. The van der Waals surface area contributed by atoms with Crippen LogP contribution in [0.5, 0.6) is 0 Å². The van der Waals surface area contributed by atoms with E-state index in [9.17, 15) is 0 Å². The fraction of sp³-hybridized carbons (Fsp3) is 0.500. The Morgan fingerprint density at radius 3 is 2.80 bits per heavy atom. The zero-order valence-corrected chi connectivity index (χ0v) is 12.6. The lowest BCUT2D eigenvalue weighted by atomic mass is 9.96. The molecule has 0 fully saturated rings. The first kappa shape index (κ1) is 14.7. The third-order valence-corrected chi connectivity index (χ3v) is 3.63. The molecule has 0 spiro atoms. The van der Waals surface area contributed by atoms with Crippen LogP contribution in [0.3, 0.4) is 0 Å². The van der Waals surface area contributed by atoms with E-state index in [1.54, 1.807) is 0 Å². The van der Waals surface area contributed by atoms with Crippen molar-refractivity contribution in [1.29, 1.82) is 0 Å². The van der Waals surface area contributed by atoms with Gasteiger partial charge in [0.25, 0.3) is 0 Å². The van der Waals surface area contributed by atoms with Gasteiger partial charge in [0.2, 0.25) is 0 Å². The van der Waals surface area contributed by atoms with Crippen LogP contribution >= 0.6 is 0 Å². The summed E-state index contributed by atoms with van der Waals surface area (Å²) in [5, 5.41) is 7.83. The third-order valence-electron chi connectivity index (χ3n) is 3.63. The fourth-order valence-corrected chi connectivity index (χ4v) is 2.60. The van der Waals surface area contributed by atoms with Crippen LogP contribution in [-0.2, 0) is 19.9 Å². The highest BCUT2D eigenvalue weighted by molar-refractivity contribution is 5.27. The molecule has 0 saturated carbocycles. The van der Waals surface area contributed by atoms with Crippen molar-refractivity contribution in [2.75, 3.05) is 6.54 Å². The van der Waals surface area contributed by atoms with Crippen molar-refractivity contribution in [1.82, 2.24) is 20.1 Å². The highest BCUT2D eigenvalue weighted by Crippen LogP contribution is 2.22. The number of pyridine rings is 1. The van der Waals surface area contributed by atoms with E-state index < -0.39 is 0 Å². The Kier molecular flexibility index (Phi) is 5.30. The van der Waals surface area contributed by atoms with Gasteiger partial charge >= 0.3 is 0 Å². The van der Waals surface area contributed by atoms with E-state index in [2.05, 4.69) is 41.5 Å². The van der Waals surface area contributed by atoms with Crippen molar-refractivity contribution in [2.24, 2.45) is 7.05 Å². The first-order chi connectivity index (χ1) is 9.74. The number of nitrogens with one attached hydrogen (secondary N) is 1. The van der Waals surface area contributed by atoms with Crippen molar-refractivity contribution >= 4 is 0 Å². The molecule has 0 aromatic carbocycles. The number of hydrogen-bond acceptors (Lipinski definition) is 3. The number of rotatable bonds is 7. The lowest BCUT2D eigenvalue weighted by molar-refractivity contribution is 0.511. The van der Waals surface area contributed by atoms with Crippen LogP contribution < -0.4 is 5.32 Å². The molecule has 2 rings (SSSR count). The largest absolute Gasteiger partial charge is 0.310 e. The molecule has 20 heavy (non-hydrogen) atoms. The SMILES string of the molecule is CCNC(CCc1cnn(C)c1)c1ccncc1CC. The van der Waals surface area contributed by atoms with Gasteiger partial charge < -0.3 is 5.32 Å². The summed E-state index contributed by atoms with van der Waals surface area (Å²) in [6.07, 6.45) is 11.1. The van der Waals surface area contributed by atoms with Crippen molar-refractivity contribution in [2.45, 2.75) is 39.2 Å². The van der Waals surface area contributed by atoms with Crippen LogP contribution in [0.1, 0.15) is 43.0 Å². The molecule has 2 heterocycles. The molecule has 1 atom stereocenters. The van der Waals surface area contributed by atoms with E-state index in [4.69, 9.17) is 0 Å². The minimum atomic E-state index is 0.387. The maximum atomic E-state index is 4.24. The van der Waals surface area contributed by atoms with Crippen LogP contribution in [0.15, 0.2) is 30.9 Å². The second-order valence-corrected chi connectivity index (χ2v) is 5.10. The fourth-order valence-electron chi connectivity index (χ4n) is 2.60. The standard InChI is InChI=1S/C16H24N4/c1-4-14-11-17-9-8-15(14)16(18-5-2)7-6-13-10-19-20(3)12-13/h8-12,16,18H,4-7H2,1-3H3. The highest BCUT2D eigenvalue weighted by atomic mass is 15.2. The van der Waals surface area contributed by atoms with Crippen molar-refractivity contribution in [3.8, 4) is 0 Å². The molecule has 4 nitrogen and oxygen atoms in total. The minimum Gasteiger partial charge on any atom is -0.310 e. The summed E-state index contributed by atoms with van der Waals surface area (Å²) in [4.78, 5) is 4.24. The molecule has 0 aliphatic carbocycles. The van der Waals surface area contributed by atoms with Gasteiger partial charge in [-0.3, -0.25) is 9.67 Å². The van der Waals surface area contributed by atoms with Crippen LogP contribution in [-0.4, -0.2) is 21.3 Å². The Balaban J connectivity index is 2.10. The van der Waals surface area contributed by atoms with Gasteiger partial charge in [0, 0.05) is 31.7 Å². The first-order valence-electron chi connectivity index (χ1n) is 7.38. The normalized spacial score (nSPS) is 12.6. The summed E-state index contributed by atoms with van der Waals surface area (Å²) < 4.78 is 1.86. The Hall–Kier alpha value is -1.68. The molecule has 0 radical (unpaired) electrons. The van der Waals surface area contributed by atoms with Crippen molar-refractivity contribution in [3.05, 3.63) is 47.5 Å². The summed E-state index contributed by atoms with van der Waals surface area (Å²) in [6, 6.07) is 2.54. The van der Waals surface area contributed by atoms with Crippen molar-refractivity contribution < 1.29 is 0 Å². The maximum Gasteiger partial charge on any atom is 0.0521 e. The second-order valence-electron chi connectivity index (χ2n) is 5.10. The Labute approximate surface area is 121 Å². The predicted molar refractivity (Wildman–Crippen MR) is 81.6 cm³/mol. The van der Waals surface area contributed by atoms with Gasteiger partial charge in [-0.05, 0) is 48.6 Å². The Bertz CT molecular complexity index is 533. The quantitative estimate of drug-likeness (QED) is 0.842. The van der Waals surface area contributed by atoms with E-state index in [0.29, 0.717) is 6.04 Å². The van der Waals surface area contributed by atoms with E-state index in [1.807, 2.05) is 30.3 Å². The van der Waals surface area contributed by atoms with Crippen LogP contribution in [0.4, 0.5) is 0 Å². The molecular formula is C16H24N4. The average Bonchev–Trinajstić information content (AvgIpc) is 2.89. The monoisotopic (exact) mass is 272 g/mol. The molecule has 2 aromatic heterocycles. The molecule has 108 valence electrons. The topological polar surface area (TPSA) is 42.7 Å². The smallest absolute Gasteiger partial charge is 0.0521 e. The summed E-state index contributed by atoms with van der Waals surface area (Å²) in [5.41, 5.74) is 4.01. The van der Waals surface area contributed by atoms with Gasteiger partial charge in [0.05, 0.1) is 6.20 Å². The number of hydrogen-bond donors (Lipinski definition) is 1. The summed E-state index contributed by atoms with van der Waals surface area (Å²) in [5.74, 6) is 0. The molecule has 4 heteroatoms. The number of aryl methyl sites for hydroxylation is 3. The lowest BCUT2D eigenvalue weighted by Gasteiger charge is -2.20.